The van der Waals surface area contributed by atoms with E-state index in [4.69, 9.17) is 11.6 Å². The lowest BCUT2D eigenvalue weighted by Crippen LogP contribution is -2.29. The van der Waals surface area contributed by atoms with Crippen molar-refractivity contribution in [2.75, 3.05) is 5.75 Å². The van der Waals surface area contributed by atoms with Crippen LogP contribution in [-0.4, -0.2) is 37.2 Å². The lowest BCUT2D eigenvalue weighted by atomic mass is 10.1. The number of allylic oxidation sites excluding steroid dienone is 4. The van der Waals surface area contributed by atoms with E-state index in [0.717, 1.165) is 22.2 Å². The molecule has 0 fully saturated rings. The van der Waals surface area contributed by atoms with E-state index in [-0.39, 0.29) is 17.0 Å². The zero-order valence-corrected chi connectivity index (χ0v) is 15.8. The van der Waals surface area contributed by atoms with Gasteiger partial charge in [0.25, 0.3) is 0 Å². The SMILES string of the molecule is O=C(CSc1nnnn1-c1cccc2ccccc12)NC1=CC=CC[C@@H]1Cl. The van der Waals surface area contributed by atoms with Gasteiger partial charge in [0.1, 0.15) is 0 Å². The molecular formula is C19H16ClN5OS. The molecule has 3 aromatic rings. The number of carbonyl (C=O) groups excluding carboxylic acids is 1. The Kier molecular flexibility index (Phi) is 5.22. The van der Waals surface area contributed by atoms with E-state index in [9.17, 15) is 4.79 Å². The number of benzene rings is 2. The molecule has 4 rings (SSSR count). The Morgan fingerprint density at radius 1 is 1.26 bits per heavy atom. The van der Waals surface area contributed by atoms with Crippen molar-refractivity contribution in [3.8, 4) is 5.69 Å². The maximum absolute atomic E-state index is 12.3. The van der Waals surface area contributed by atoms with Gasteiger partial charge in [-0.2, -0.15) is 4.68 Å². The molecule has 1 atom stereocenters. The van der Waals surface area contributed by atoms with Crippen LogP contribution in [0.5, 0.6) is 0 Å². The highest BCUT2D eigenvalue weighted by Crippen LogP contribution is 2.25. The maximum Gasteiger partial charge on any atom is 0.234 e. The Labute approximate surface area is 165 Å². The molecule has 1 aliphatic rings. The average molecular weight is 398 g/mol. The fraction of sp³-hybridized carbons (Fsp3) is 0.158. The second kappa shape index (κ2) is 7.94. The van der Waals surface area contributed by atoms with Crippen LogP contribution in [0.2, 0.25) is 0 Å². The third-order valence-corrected chi connectivity index (χ3v) is 5.48. The first kappa shape index (κ1) is 17.8. The molecule has 0 bridgehead atoms. The van der Waals surface area contributed by atoms with Gasteiger partial charge in [-0.25, -0.2) is 0 Å². The first-order valence-corrected chi connectivity index (χ1v) is 9.84. The van der Waals surface area contributed by atoms with Crippen molar-refractivity contribution in [1.82, 2.24) is 25.5 Å². The Hall–Kier alpha value is -2.64. The highest BCUT2D eigenvalue weighted by Gasteiger charge is 2.17. The van der Waals surface area contributed by atoms with Gasteiger partial charge in [-0.1, -0.05) is 60.3 Å². The molecule has 2 aromatic carbocycles. The number of fused-ring (bicyclic) bond motifs is 1. The van der Waals surface area contributed by atoms with Crippen LogP contribution in [0, 0.1) is 0 Å². The molecule has 0 spiro atoms. The molecule has 0 saturated carbocycles. The molecule has 1 aliphatic carbocycles. The number of alkyl halides is 1. The van der Waals surface area contributed by atoms with E-state index < -0.39 is 0 Å². The highest BCUT2D eigenvalue weighted by atomic mass is 35.5. The van der Waals surface area contributed by atoms with Gasteiger partial charge in [0.05, 0.1) is 16.8 Å². The van der Waals surface area contributed by atoms with Gasteiger partial charge < -0.3 is 5.32 Å². The molecule has 1 heterocycles. The summed E-state index contributed by atoms with van der Waals surface area (Å²) in [5.74, 6) is 0.0511. The van der Waals surface area contributed by atoms with Gasteiger partial charge in [-0.3, -0.25) is 4.79 Å². The van der Waals surface area contributed by atoms with Crippen LogP contribution < -0.4 is 5.32 Å². The summed E-state index contributed by atoms with van der Waals surface area (Å²) in [6.07, 6.45) is 6.40. The van der Waals surface area contributed by atoms with Crippen molar-refractivity contribution in [2.45, 2.75) is 17.0 Å². The molecule has 136 valence electrons. The van der Waals surface area contributed by atoms with Gasteiger partial charge in [0.2, 0.25) is 11.1 Å². The molecule has 1 aromatic heterocycles. The molecule has 6 nitrogen and oxygen atoms in total. The minimum absolute atomic E-state index is 0.139. The number of hydrogen-bond donors (Lipinski definition) is 1. The second-order valence-electron chi connectivity index (χ2n) is 5.96. The van der Waals surface area contributed by atoms with Crippen LogP contribution in [0.1, 0.15) is 6.42 Å². The van der Waals surface area contributed by atoms with Crippen LogP contribution in [0.4, 0.5) is 0 Å². The molecule has 27 heavy (non-hydrogen) atoms. The Balaban J connectivity index is 1.50. The summed E-state index contributed by atoms with van der Waals surface area (Å²) in [5.41, 5.74) is 1.60. The van der Waals surface area contributed by atoms with E-state index in [1.807, 2.05) is 60.7 Å². The zero-order valence-electron chi connectivity index (χ0n) is 14.2. The molecule has 8 heteroatoms. The quantitative estimate of drug-likeness (QED) is 0.527. The van der Waals surface area contributed by atoms with Crippen molar-refractivity contribution < 1.29 is 4.79 Å². The van der Waals surface area contributed by atoms with Crippen molar-refractivity contribution in [2.24, 2.45) is 0 Å². The summed E-state index contributed by atoms with van der Waals surface area (Å²) in [5, 5.41) is 17.3. The normalized spacial score (nSPS) is 16.3. The van der Waals surface area contributed by atoms with Gasteiger partial charge >= 0.3 is 0 Å². The van der Waals surface area contributed by atoms with Crippen LogP contribution in [0.15, 0.2) is 71.5 Å². The number of rotatable bonds is 5. The second-order valence-corrected chi connectivity index (χ2v) is 7.43. The Bertz CT molecular complexity index is 1040. The smallest absolute Gasteiger partial charge is 0.234 e. The van der Waals surface area contributed by atoms with Gasteiger partial charge in [-0.05, 0) is 34.4 Å². The number of nitrogens with one attached hydrogen (secondary N) is 1. The minimum Gasteiger partial charge on any atom is -0.328 e. The van der Waals surface area contributed by atoms with Crippen molar-refractivity contribution in [1.29, 1.82) is 0 Å². The first-order valence-electron chi connectivity index (χ1n) is 8.42. The average Bonchev–Trinajstić information content (AvgIpc) is 3.16. The number of thioether (sulfide) groups is 1. The van der Waals surface area contributed by atoms with Gasteiger partial charge in [-0.15, -0.1) is 16.7 Å². The molecule has 0 aliphatic heterocycles. The fourth-order valence-corrected chi connectivity index (χ4v) is 3.78. The monoisotopic (exact) mass is 397 g/mol. The summed E-state index contributed by atoms with van der Waals surface area (Å²) in [4.78, 5) is 12.3. The number of amides is 1. The van der Waals surface area contributed by atoms with Crippen LogP contribution in [0.3, 0.4) is 0 Å². The molecule has 1 amide bonds. The number of aromatic nitrogens is 4. The number of hydrogen-bond acceptors (Lipinski definition) is 5. The van der Waals surface area contributed by atoms with Crippen LogP contribution in [0.25, 0.3) is 16.5 Å². The number of tetrazole rings is 1. The van der Waals surface area contributed by atoms with E-state index in [1.54, 1.807) is 4.68 Å². The van der Waals surface area contributed by atoms with Crippen LogP contribution >= 0.6 is 23.4 Å². The third kappa shape index (κ3) is 3.89. The summed E-state index contributed by atoms with van der Waals surface area (Å²) >= 11 is 7.49. The summed E-state index contributed by atoms with van der Waals surface area (Å²) in [7, 11) is 0. The Morgan fingerprint density at radius 2 is 2.11 bits per heavy atom. The number of nitrogens with zero attached hydrogens (tertiary/aromatic N) is 4. The van der Waals surface area contributed by atoms with Crippen LogP contribution in [-0.2, 0) is 4.79 Å². The third-order valence-electron chi connectivity index (χ3n) is 4.14. The topological polar surface area (TPSA) is 72.7 Å². The predicted molar refractivity (Wildman–Crippen MR) is 107 cm³/mol. The lowest BCUT2D eigenvalue weighted by molar-refractivity contribution is -0.117. The largest absolute Gasteiger partial charge is 0.328 e. The summed E-state index contributed by atoms with van der Waals surface area (Å²) < 4.78 is 1.66. The van der Waals surface area contributed by atoms with Gasteiger partial charge in [0.15, 0.2) is 0 Å². The van der Waals surface area contributed by atoms with E-state index in [2.05, 4.69) is 20.8 Å². The standard InChI is InChI=1S/C19H16ClN5OS/c20-15-9-3-4-10-16(15)21-18(26)12-27-19-22-23-24-25(19)17-11-5-7-13-6-1-2-8-14(13)17/h1-8,10-11,15H,9,12H2,(H,21,26)/t15-/m0/s1. The predicted octanol–water partition coefficient (Wildman–Crippen LogP) is 3.48. The molecule has 0 saturated heterocycles. The van der Waals surface area contributed by atoms with E-state index >= 15 is 0 Å². The first-order chi connectivity index (χ1) is 13.2. The molecule has 0 unspecified atom stereocenters. The van der Waals surface area contributed by atoms with E-state index in [1.165, 1.54) is 11.8 Å². The molecule has 1 N–H and O–H groups in total. The zero-order chi connectivity index (χ0) is 18.6. The Morgan fingerprint density at radius 3 is 3.00 bits per heavy atom. The summed E-state index contributed by atoms with van der Waals surface area (Å²) in [6.45, 7) is 0. The summed E-state index contributed by atoms with van der Waals surface area (Å²) in [6, 6.07) is 14.0. The van der Waals surface area contributed by atoms with Crippen molar-refractivity contribution in [3.05, 3.63) is 66.4 Å². The lowest BCUT2D eigenvalue weighted by Gasteiger charge is -2.16. The molecular weight excluding hydrogens is 382 g/mol. The molecule has 0 radical (unpaired) electrons. The van der Waals surface area contributed by atoms with Gasteiger partial charge in [0, 0.05) is 11.1 Å². The number of carbonyl (C=O) groups is 1. The van der Waals surface area contributed by atoms with Crippen molar-refractivity contribution in [3.63, 3.8) is 0 Å². The van der Waals surface area contributed by atoms with Crippen molar-refractivity contribution >= 4 is 40.0 Å². The highest BCUT2D eigenvalue weighted by molar-refractivity contribution is 7.99. The maximum atomic E-state index is 12.3. The number of halogens is 1. The fourth-order valence-electron chi connectivity index (χ4n) is 2.86. The van der Waals surface area contributed by atoms with E-state index in [0.29, 0.717) is 11.6 Å². The minimum atomic E-state index is -0.204.